The topological polar surface area (TPSA) is 58.2 Å². The quantitative estimate of drug-likeness (QED) is 0.488. The lowest BCUT2D eigenvalue weighted by Crippen LogP contribution is -2.48. The standard InChI is InChI=1S/C18H23F3N2O2/c1-18(2,16(24)22-11-7-5-3-4-6-8-11)17(25)23-13-10-9-12(19)14(20)15(13)21/h9-11H,3-8H2,1-2H3,(H,22,24)(H,23,25). The molecule has 7 heteroatoms. The van der Waals surface area contributed by atoms with Crippen LogP contribution in [-0.2, 0) is 9.59 Å². The third-order valence-electron chi connectivity index (χ3n) is 4.61. The number of rotatable bonds is 4. The Morgan fingerprint density at radius 2 is 1.56 bits per heavy atom. The second kappa shape index (κ2) is 7.89. The summed E-state index contributed by atoms with van der Waals surface area (Å²) in [5, 5.41) is 5.04. The van der Waals surface area contributed by atoms with E-state index in [2.05, 4.69) is 10.6 Å². The number of carbonyl (C=O) groups excluding carboxylic acids is 2. The van der Waals surface area contributed by atoms with E-state index >= 15 is 0 Å². The fraction of sp³-hybridized carbons (Fsp3) is 0.556. The lowest BCUT2D eigenvalue weighted by Gasteiger charge is -2.26. The first-order chi connectivity index (χ1) is 11.7. The van der Waals surface area contributed by atoms with Crippen LogP contribution in [0.4, 0.5) is 18.9 Å². The molecule has 0 unspecified atom stereocenters. The minimum atomic E-state index is -1.67. The summed E-state index contributed by atoms with van der Waals surface area (Å²) in [4.78, 5) is 24.9. The van der Waals surface area contributed by atoms with E-state index in [9.17, 15) is 22.8 Å². The Bertz CT molecular complexity index is 654. The Labute approximate surface area is 145 Å². The van der Waals surface area contributed by atoms with Gasteiger partial charge in [-0.15, -0.1) is 0 Å². The molecule has 0 atom stereocenters. The molecule has 1 aliphatic rings. The van der Waals surface area contributed by atoms with Crippen LogP contribution in [-0.4, -0.2) is 17.9 Å². The van der Waals surface area contributed by atoms with Gasteiger partial charge in [-0.1, -0.05) is 25.7 Å². The molecule has 0 aliphatic heterocycles. The van der Waals surface area contributed by atoms with E-state index < -0.39 is 40.4 Å². The van der Waals surface area contributed by atoms with Gasteiger partial charge in [0.1, 0.15) is 5.41 Å². The Kier molecular flexibility index (Phi) is 6.08. The van der Waals surface area contributed by atoms with Crippen molar-refractivity contribution in [1.82, 2.24) is 5.32 Å². The normalized spacial score (nSPS) is 16.2. The van der Waals surface area contributed by atoms with Crippen molar-refractivity contribution >= 4 is 17.5 Å². The fourth-order valence-corrected chi connectivity index (χ4v) is 2.79. The van der Waals surface area contributed by atoms with Crippen molar-refractivity contribution in [1.29, 1.82) is 0 Å². The molecular weight excluding hydrogens is 333 g/mol. The average Bonchev–Trinajstić information content (AvgIpc) is 2.83. The summed E-state index contributed by atoms with van der Waals surface area (Å²) in [6.45, 7) is 2.82. The molecule has 0 radical (unpaired) electrons. The van der Waals surface area contributed by atoms with Crippen LogP contribution in [0.15, 0.2) is 12.1 Å². The SMILES string of the molecule is CC(C)(C(=O)Nc1ccc(F)c(F)c1F)C(=O)NC1CCCCCC1. The van der Waals surface area contributed by atoms with Crippen molar-refractivity contribution in [2.45, 2.75) is 58.4 Å². The molecule has 1 aromatic carbocycles. The third kappa shape index (κ3) is 4.52. The summed E-state index contributed by atoms with van der Waals surface area (Å²) in [6, 6.07) is 1.65. The highest BCUT2D eigenvalue weighted by atomic mass is 19.2. The van der Waals surface area contributed by atoms with Gasteiger partial charge in [0, 0.05) is 6.04 Å². The second-order valence-electron chi connectivity index (χ2n) is 6.96. The van der Waals surface area contributed by atoms with Crippen molar-refractivity contribution in [3.05, 3.63) is 29.6 Å². The summed E-state index contributed by atoms with van der Waals surface area (Å²) < 4.78 is 39.9. The molecule has 25 heavy (non-hydrogen) atoms. The van der Waals surface area contributed by atoms with Gasteiger partial charge < -0.3 is 10.6 Å². The van der Waals surface area contributed by atoms with Gasteiger partial charge in [0.15, 0.2) is 17.5 Å². The van der Waals surface area contributed by atoms with Crippen LogP contribution in [0.5, 0.6) is 0 Å². The zero-order valence-electron chi connectivity index (χ0n) is 14.4. The molecule has 0 spiro atoms. The summed E-state index contributed by atoms with van der Waals surface area (Å²) in [6.07, 6.45) is 6.04. The third-order valence-corrected chi connectivity index (χ3v) is 4.61. The lowest BCUT2D eigenvalue weighted by molar-refractivity contribution is -0.138. The van der Waals surface area contributed by atoms with Crippen molar-refractivity contribution in [3.8, 4) is 0 Å². The molecule has 1 aromatic rings. The Balaban J connectivity index is 2.06. The minimum absolute atomic E-state index is 0.0158. The lowest BCUT2D eigenvalue weighted by atomic mass is 9.90. The average molecular weight is 356 g/mol. The van der Waals surface area contributed by atoms with E-state index in [1.165, 1.54) is 13.8 Å². The maximum atomic E-state index is 13.7. The first-order valence-electron chi connectivity index (χ1n) is 8.49. The number of carbonyl (C=O) groups is 2. The van der Waals surface area contributed by atoms with Crippen LogP contribution < -0.4 is 10.6 Å². The number of hydrogen-bond donors (Lipinski definition) is 2. The van der Waals surface area contributed by atoms with Crippen molar-refractivity contribution in [2.24, 2.45) is 5.41 Å². The van der Waals surface area contributed by atoms with E-state index in [4.69, 9.17) is 0 Å². The molecule has 2 N–H and O–H groups in total. The predicted molar refractivity (Wildman–Crippen MR) is 88.4 cm³/mol. The van der Waals surface area contributed by atoms with Gasteiger partial charge in [-0.2, -0.15) is 0 Å². The van der Waals surface area contributed by atoms with Gasteiger partial charge in [0.2, 0.25) is 11.8 Å². The highest BCUT2D eigenvalue weighted by molar-refractivity contribution is 6.09. The molecule has 0 bridgehead atoms. The number of nitrogens with one attached hydrogen (secondary N) is 2. The van der Waals surface area contributed by atoms with E-state index in [-0.39, 0.29) is 6.04 Å². The monoisotopic (exact) mass is 356 g/mol. The summed E-state index contributed by atoms with van der Waals surface area (Å²) in [7, 11) is 0. The molecule has 1 aliphatic carbocycles. The van der Waals surface area contributed by atoms with Crippen molar-refractivity contribution in [2.75, 3.05) is 5.32 Å². The number of benzene rings is 1. The van der Waals surface area contributed by atoms with Gasteiger partial charge in [0.25, 0.3) is 0 Å². The summed E-state index contributed by atoms with van der Waals surface area (Å²) in [5.41, 5.74) is -1.98. The number of amides is 2. The maximum Gasteiger partial charge on any atom is 0.239 e. The second-order valence-corrected chi connectivity index (χ2v) is 6.96. The Hall–Kier alpha value is -2.05. The zero-order chi connectivity index (χ0) is 18.6. The van der Waals surface area contributed by atoms with Crippen LogP contribution >= 0.6 is 0 Å². The molecule has 4 nitrogen and oxygen atoms in total. The molecule has 2 amide bonds. The molecule has 1 saturated carbocycles. The number of anilines is 1. The Morgan fingerprint density at radius 1 is 0.960 bits per heavy atom. The van der Waals surface area contributed by atoms with E-state index in [0.29, 0.717) is 6.07 Å². The van der Waals surface area contributed by atoms with Gasteiger partial charge in [0.05, 0.1) is 5.69 Å². The van der Waals surface area contributed by atoms with E-state index in [1.807, 2.05) is 0 Å². The first-order valence-corrected chi connectivity index (χ1v) is 8.49. The van der Waals surface area contributed by atoms with Crippen LogP contribution in [0.2, 0.25) is 0 Å². The molecule has 0 aromatic heterocycles. The predicted octanol–water partition coefficient (Wildman–Crippen LogP) is 3.91. The number of halogens is 3. The summed E-state index contributed by atoms with van der Waals surface area (Å²) in [5.74, 6) is -5.77. The van der Waals surface area contributed by atoms with Crippen molar-refractivity contribution < 1.29 is 22.8 Å². The molecule has 2 rings (SSSR count). The maximum absolute atomic E-state index is 13.7. The largest absolute Gasteiger partial charge is 0.352 e. The van der Waals surface area contributed by atoms with Crippen molar-refractivity contribution in [3.63, 3.8) is 0 Å². The van der Waals surface area contributed by atoms with Gasteiger partial charge in [-0.3, -0.25) is 9.59 Å². The van der Waals surface area contributed by atoms with E-state index in [0.717, 1.165) is 44.6 Å². The smallest absolute Gasteiger partial charge is 0.239 e. The first kappa shape index (κ1) is 19.3. The summed E-state index contributed by atoms with van der Waals surface area (Å²) >= 11 is 0. The minimum Gasteiger partial charge on any atom is -0.352 e. The highest BCUT2D eigenvalue weighted by Gasteiger charge is 2.37. The van der Waals surface area contributed by atoms with Gasteiger partial charge in [-0.25, -0.2) is 13.2 Å². The fourth-order valence-electron chi connectivity index (χ4n) is 2.79. The van der Waals surface area contributed by atoms with Crippen LogP contribution in [0.3, 0.4) is 0 Å². The molecule has 0 saturated heterocycles. The molecule has 138 valence electrons. The van der Waals surface area contributed by atoms with Gasteiger partial charge >= 0.3 is 0 Å². The number of hydrogen-bond acceptors (Lipinski definition) is 2. The molecular formula is C18H23F3N2O2. The van der Waals surface area contributed by atoms with E-state index in [1.54, 1.807) is 0 Å². The zero-order valence-corrected chi connectivity index (χ0v) is 14.4. The highest BCUT2D eigenvalue weighted by Crippen LogP contribution is 2.25. The van der Waals surface area contributed by atoms with Crippen LogP contribution in [0, 0.1) is 22.9 Å². The molecule has 0 heterocycles. The van der Waals surface area contributed by atoms with Crippen LogP contribution in [0.25, 0.3) is 0 Å². The van der Waals surface area contributed by atoms with Crippen LogP contribution in [0.1, 0.15) is 52.4 Å². The molecule has 1 fully saturated rings. The Morgan fingerprint density at radius 3 is 2.16 bits per heavy atom. The van der Waals surface area contributed by atoms with Gasteiger partial charge in [-0.05, 0) is 38.8 Å².